The monoisotopic (exact) mass is 467 g/mol. The highest BCUT2D eigenvalue weighted by molar-refractivity contribution is 7.99. The second-order valence-corrected chi connectivity index (χ2v) is 7.90. The van der Waals surface area contributed by atoms with Gasteiger partial charge in [0.25, 0.3) is 17.2 Å². The molecule has 0 aliphatic rings. The van der Waals surface area contributed by atoms with Gasteiger partial charge in [0.2, 0.25) is 0 Å². The Bertz CT molecular complexity index is 1270. The molecule has 0 unspecified atom stereocenters. The lowest BCUT2D eigenvalue weighted by Crippen LogP contribution is -2.21. The van der Waals surface area contributed by atoms with E-state index >= 15 is 0 Å². The first-order chi connectivity index (χ1) is 15.8. The number of nitrogens with zero attached hydrogens (tertiary/aromatic N) is 3. The maximum atomic E-state index is 12.4. The van der Waals surface area contributed by atoms with Crippen molar-refractivity contribution in [2.24, 2.45) is 5.10 Å². The Hall–Kier alpha value is -3.99. The zero-order chi connectivity index (χ0) is 24.0. The van der Waals surface area contributed by atoms with Gasteiger partial charge in [-0.1, -0.05) is 30.8 Å². The van der Waals surface area contributed by atoms with E-state index in [1.807, 2.05) is 6.92 Å². The van der Waals surface area contributed by atoms with Gasteiger partial charge >= 0.3 is 0 Å². The minimum absolute atomic E-state index is 0.0228. The number of rotatable bonds is 8. The Morgan fingerprint density at radius 3 is 2.61 bits per heavy atom. The molecule has 1 aromatic heterocycles. The third-order valence-corrected chi connectivity index (χ3v) is 5.60. The number of aryl methyl sites for hydroxylation is 1. The molecule has 0 atom stereocenters. The SMILES string of the molecule is CCc1c(C)nc(SCC(=NNC(=O)c2ccc(O)cc2)c2cccc([N+](=O)[O-])c2)[nH]c1=O. The smallest absolute Gasteiger partial charge is 0.271 e. The molecule has 0 spiro atoms. The summed E-state index contributed by atoms with van der Waals surface area (Å²) in [4.78, 5) is 42.5. The normalized spacial score (nSPS) is 11.3. The van der Waals surface area contributed by atoms with Crippen LogP contribution in [0.1, 0.15) is 34.1 Å². The predicted molar refractivity (Wildman–Crippen MR) is 125 cm³/mol. The number of non-ortho nitro benzene ring substituents is 1. The van der Waals surface area contributed by atoms with Crippen LogP contribution < -0.4 is 11.0 Å². The van der Waals surface area contributed by atoms with E-state index in [1.54, 1.807) is 13.0 Å². The minimum Gasteiger partial charge on any atom is -0.508 e. The molecule has 0 aliphatic carbocycles. The van der Waals surface area contributed by atoms with Gasteiger partial charge in [0, 0.05) is 40.3 Å². The van der Waals surface area contributed by atoms with E-state index in [-0.39, 0.29) is 28.3 Å². The van der Waals surface area contributed by atoms with Crippen LogP contribution in [-0.2, 0) is 6.42 Å². The Morgan fingerprint density at radius 2 is 1.97 bits per heavy atom. The number of aromatic nitrogens is 2. The minimum atomic E-state index is -0.519. The number of H-pyrrole nitrogens is 1. The molecule has 0 bridgehead atoms. The number of benzene rings is 2. The van der Waals surface area contributed by atoms with Crippen LogP contribution in [0.5, 0.6) is 5.75 Å². The average Bonchev–Trinajstić information content (AvgIpc) is 2.79. The number of phenols is 1. The summed E-state index contributed by atoms with van der Waals surface area (Å²) >= 11 is 1.18. The number of amides is 1. The summed E-state index contributed by atoms with van der Waals surface area (Å²) in [5.74, 6) is -0.322. The van der Waals surface area contributed by atoms with Crippen molar-refractivity contribution in [2.75, 3.05) is 5.75 Å². The highest BCUT2D eigenvalue weighted by Gasteiger charge is 2.14. The fourth-order valence-corrected chi connectivity index (χ4v) is 3.85. The molecule has 0 radical (unpaired) electrons. The fourth-order valence-electron chi connectivity index (χ4n) is 2.98. The zero-order valence-corrected chi connectivity index (χ0v) is 18.7. The van der Waals surface area contributed by atoms with Crippen LogP contribution in [0.3, 0.4) is 0 Å². The highest BCUT2D eigenvalue weighted by atomic mass is 32.2. The van der Waals surface area contributed by atoms with Crippen LogP contribution in [0, 0.1) is 17.0 Å². The van der Waals surface area contributed by atoms with E-state index in [0.717, 1.165) is 0 Å². The Morgan fingerprint density at radius 1 is 1.24 bits per heavy atom. The van der Waals surface area contributed by atoms with Crippen LogP contribution in [0.2, 0.25) is 0 Å². The molecular weight excluding hydrogens is 446 g/mol. The van der Waals surface area contributed by atoms with Crippen molar-refractivity contribution >= 4 is 29.1 Å². The number of hydrazone groups is 1. The summed E-state index contributed by atoms with van der Waals surface area (Å²) < 4.78 is 0. The fraction of sp³-hybridized carbons (Fsp3) is 0.182. The summed E-state index contributed by atoms with van der Waals surface area (Å²) in [5.41, 5.74) is 4.38. The van der Waals surface area contributed by atoms with E-state index in [9.17, 15) is 24.8 Å². The van der Waals surface area contributed by atoms with Crippen LogP contribution in [0.15, 0.2) is 63.6 Å². The molecule has 3 aromatic rings. The Balaban J connectivity index is 1.88. The van der Waals surface area contributed by atoms with Crippen molar-refractivity contribution < 1.29 is 14.8 Å². The van der Waals surface area contributed by atoms with Gasteiger partial charge in [-0.15, -0.1) is 0 Å². The quantitative estimate of drug-likeness (QED) is 0.151. The summed E-state index contributed by atoms with van der Waals surface area (Å²) in [6, 6.07) is 11.5. The predicted octanol–water partition coefficient (Wildman–Crippen LogP) is 3.18. The Labute approximate surface area is 192 Å². The standard InChI is InChI=1S/C22H21N5O5S/c1-3-18-13(2)23-22(24-21(18)30)33-12-19(15-5-4-6-16(11-15)27(31)32)25-26-20(29)14-7-9-17(28)10-8-14/h4-11,28H,3,12H2,1-2H3,(H,26,29)(H,23,24,30). The van der Waals surface area contributed by atoms with Gasteiger partial charge in [-0.05, 0) is 37.6 Å². The van der Waals surface area contributed by atoms with Gasteiger partial charge in [-0.25, -0.2) is 10.4 Å². The Kier molecular flexibility index (Phi) is 7.57. The number of nitro groups is 1. The molecule has 0 saturated heterocycles. The summed E-state index contributed by atoms with van der Waals surface area (Å²) in [5, 5.41) is 25.1. The first-order valence-electron chi connectivity index (χ1n) is 9.91. The number of carbonyl (C=O) groups is 1. The summed E-state index contributed by atoms with van der Waals surface area (Å²) in [6.45, 7) is 3.63. The molecule has 3 rings (SSSR count). The number of hydrogen-bond donors (Lipinski definition) is 3. The van der Waals surface area contributed by atoms with Crippen LogP contribution in [0.25, 0.3) is 0 Å². The topological polar surface area (TPSA) is 151 Å². The second kappa shape index (κ2) is 10.6. The third-order valence-electron chi connectivity index (χ3n) is 4.71. The van der Waals surface area contributed by atoms with Gasteiger partial charge in [-0.2, -0.15) is 5.10 Å². The van der Waals surface area contributed by atoms with Crippen LogP contribution in [-0.4, -0.2) is 37.4 Å². The number of hydrogen-bond acceptors (Lipinski definition) is 8. The molecule has 2 aromatic carbocycles. The van der Waals surface area contributed by atoms with Crippen LogP contribution in [0.4, 0.5) is 5.69 Å². The van der Waals surface area contributed by atoms with Crippen molar-refractivity contribution in [3.05, 3.63) is 91.4 Å². The lowest BCUT2D eigenvalue weighted by Gasteiger charge is -2.09. The van der Waals surface area contributed by atoms with E-state index in [1.165, 1.54) is 54.2 Å². The molecule has 0 aliphatic heterocycles. The van der Waals surface area contributed by atoms with Crippen molar-refractivity contribution in [1.29, 1.82) is 0 Å². The number of thioether (sulfide) groups is 1. The first-order valence-corrected chi connectivity index (χ1v) is 10.9. The number of nitrogens with one attached hydrogen (secondary N) is 2. The largest absolute Gasteiger partial charge is 0.508 e. The lowest BCUT2D eigenvalue weighted by atomic mass is 10.1. The molecule has 33 heavy (non-hydrogen) atoms. The van der Waals surface area contributed by atoms with Gasteiger partial charge in [0.05, 0.1) is 10.6 Å². The lowest BCUT2D eigenvalue weighted by molar-refractivity contribution is -0.384. The van der Waals surface area contributed by atoms with E-state index < -0.39 is 10.8 Å². The third kappa shape index (κ3) is 6.04. The molecule has 10 nitrogen and oxygen atoms in total. The number of nitro benzene ring substituents is 1. The summed E-state index contributed by atoms with van der Waals surface area (Å²) in [7, 11) is 0. The van der Waals surface area contributed by atoms with Gasteiger partial charge in [0.15, 0.2) is 5.16 Å². The van der Waals surface area contributed by atoms with Gasteiger partial charge in [0.1, 0.15) is 5.75 Å². The van der Waals surface area contributed by atoms with Gasteiger partial charge < -0.3 is 10.1 Å². The van der Waals surface area contributed by atoms with Crippen molar-refractivity contribution in [3.63, 3.8) is 0 Å². The average molecular weight is 468 g/mol. The van der Waals surface area contributed by atoms with Crippen molar-refractivity contribution in [3.8, 4) is 5.75 Å². The van der Waals surface area contributed by atoms with Crippen molar-refractivity contribution in [2.45, 2.75) is 25.4 Å². The highest BCUT2D eigenvalue weighted by Crippen LogP contribution is 2.19. The second-order valence-electron chi connectivity index (χ2n) is 6.93. The molecule has 1 heterocycles. The maximum absolute atomic E-state index is 12.4. The molecule has 0 saturated carbocycles. The number of aromatic hydroxyl groups is 1. The van der Waals surface area contributed by atoms with E-state index in [2.05, 4.69) is 20.5 Å². The molecule has 1 amide bonds. The molecule has 11 heteroatoms. The summed E-state index contributed by atoms with van der Waals surface area (Å²) in [6.07, 6.45) is 0.558. The number of phenolic OH excluding ortho intramolecular Hbond substituents is 1. The van der Waals surface area contributed by atoms with Crippen LogP contribution >= 0.6 is 11.8 Å². The number of carbonyl (C=O) groups excluding carboxylic acids is 1. The number of aromatic amines is 1. The maximum Gasteiger partial charge on any atom is 0.271 e. The molecule has 0 fully saturated rings. The first kappa shape index (κ1) is 23.7. The molecular formula is C22H21N5O5S. The molecule has 3 N–H and O–H groups in total. The van der Waals surface area contributed by atoms with Gasteiger partial charge in [-0.3, -0.25) is 19.7 Å². The van der Waals surface area contributed by atoms with E-state index in [0.29, 0.717) is 34.1 Å². The zero-order valence-electron chi connectivity index (χ0n) is 17.9. The van der Waals surface area contributed by atoms with E-state index in [4.69, 9.17) is 0 Å². The van der Waals surface area contributed by atoms with Crippen molar-refractivity contribution in [1.82, 2.24) is 15.4 Å². The molecule has 170 valence electrons.